The van der Waals surface area contributed by atoms with Gasteiger partial charge in [0.1, 0.15) is 5.69 Å². The zero-order valence-corrected chi connectivity index (χ0v) is 7.50. The summed E-state index contributed by atoms with van der Waals surface area (Å²) in [4.78, 5) is 11.1. The second kappa shape index (κ2) is 3.10. The zero-order valence-electron chi connectivity index (χ0n) is 5.91. The Morgan fingerprint density at radius 3 is 2.82 bits per heavy atom. The number of aryl methyl sites for hydroxylation is 1. The molecule has 0 saturated heterocycles. The second-order valence-corrected chi connectivity index (χ2v) is 2.73. The molecule has 0 fully saturated rings. The minimum atomic E-state index is -0.177. The molecule has 11 heavy (non-hydrogen) atoms. The smallest absolute Gasteiger partial charge is 0.197 e. The van der Waals surface area contributed by atoms with Crippen molar-refractivity contribution in [1.82, 2.24) is 15.0 Å². The number of halogens is 1. The Morgan fingerprint density at radius 1 is 1.82 bits per heavy atom. The van der Waals surface area contributed by atoms with E-state index in [1.807, 2.05) is 0 Å². The molecule has 0 unspecified atom stereocenters. The van der Waals surface area contributed by atoms with Crippen molar-refractivity contribution in [3.8, 4) is 0 Å². The highest BCUT2D eigenvalue weighted by atomic mass is 79.9. The summed E-state index contributed by atoms with van der Waals surface area (Å²) in [6, 6.07) is 0. The van der Waals surface area contributed by atoms with E-state index in [9.17, 15) is 4.79 Å². The Morgan fingerprint density at radius 2 is 2.45 bits per heavy atom. The largest absolute Gasteiger partial charge is 0.324 e. The van der Waals surface area contributed by atoms with E-state index in [4.69, 9.17) is 5.73 Å². The van der Waals surface area contributed by atoms with Crippen molar-refractivity contribution in [2.75, 3.05) is 6.54 Å². The van der Waals surface area contributed by atoms with Crippen LogP contribution in [0.3, 0.4) is 0 Å². The predicted octanol–water partition coefficient (Wildman–Crippen LogP) is -0.281. The first kappa shape index (κ1) is 8.35. The lowest BCUT2D eigenvalue weighted by molar-refractivity contribution is 0.0991. The van der Waals surface area contributed by atoms with Gasteiger partial charge in [-0.3, -0.25) is 4.79 Å². The van der Waals surface area contributed by atoms with Crippen LogP contribution in [0.2, 0.25) is 0 Å². The SMILES string of the molecule is Cn1nnc(Br)c1C(=O)CN. The van der Waals surface area contributed by atoms with Crippen LogP contribution in [0.1, 0.15) is 10.5 Å². The van der Waals surface area contributed by atoms with Crippen LogP contribution in [0.5, 0.6) is 0 Å². The van der Waals surface area contributed by atoms with E-state index >= 15 is 0 Å². The zero-order chi connectivity index (χ0) is 8.43. The Labute approximate surface area is 71.7 Å². The van der Waals surface area contributed by atoms with Crippen LogP contribution in [0.25, 0.3) is 0 Å². The summed E-state index contributed by atoms with van der Waals surface area (Å²) in [6.07, 6.45) is 0. The summed E-state index contributed by atoms with van der Waals surface area (Å²) in [7, 11) is 1.64. The molecular weight excluding hydrogens is 212 g/mol. The molecule has 0 atom stereocenters. The number of rotatable bonds is 2. The second-order valence-electron chi connectivity index (χ2n) is 1.98. The number of aromatic nitrogens is 3. The fourth-order valence-corrected chi connectivity index (χ4v) is 1.27. The molecule has 0 aliphatic rings. The van der Waals surface area contributed by atoms with E-state index < -0.39 is 0 Å². The van der Waals surface area contributed by atoms with Gasteiger partial charge in [0.2, 0.25) is 0 Å². The third-order valence-electron chi connectivity index (χ3n) is 1.24. The van der Waals surface area contributed by atoms with Gasteiger partial charge in [0.05, 0.1) is 6.54 Å². The fraction of sp³-hybridized carbons (Fsp3) is 0.400. The van der Waals surface area contributed by atoms with Crippen molar-refractivity contribution in [2.45, 2.75) is 0 Å². The van der Waals surface area contributed by atoms with Crippen LogP contribution in [-0.4, -0.2) is 27.3 Å². The van der Waals surface area contributed by atoms with Crippen LogP contribution >= 0.6 is 15.9 Å². The molecule has 5 nitrogen and oxygen atoms in total. The molecule has 0 bridgehead atoms. The number of hydrogen-bond acceptors (Lipinski definition) is 4. The van der Waals surface area contributed by atoms with Gasteiger partial charge in [-0.05, 0) is 15.9 Å². The van der Waals surface area contributed by atoms with Crippen molar-refractivity contribution >= 4 is 21.7 Å². The summed E-state index contributed by atoms with van der Waals surface area (Å²) >= 11 is 3.09. The molecule has 0 aromatic carbocycles. The van der Waals surface area contributed by atoms with Gasteiger partial charge in [-0.15, -0.1) is 5.10 Å². The minimum absolute atomic E-state index is 0.0280. The maximum atomic E-state index is 11.1. The van der Waals surface area contributed by atoms with Gasteiger partial charge in [-0.25, -0.2) is 4.68 Å². The molecule has 1 rings (SSSR count). The Bertz CT molecular complexity index is 263. The van der Waals surface area contributed by atoms with Crippen molar-refractivity contribution in [3.05, 3.63) is 10.3 Å². The fourth-order valence-electron chi connectivity index (χ4n) is 0.724. The molecule has 0 spiro atoms. The van der Waals surface area contributed by atoms with Gasteiger partial charge < -0.3 is 5.73 Å². The van der Waals surface area contributed by atoms with Gasteiger partial charge >= 0.3 is 0 Å². The molecule has 60 valence electrons. The lowest BCUT2D eigenvalue weighted by Gasteiger charge is -1.95. The Balaban J connectivity index is 3.10. The summed E-state index contributed by atoms with van der Waals surface area (Å²) in [6.45, 7) is -0.0280. The van der Waals surface area contributed by atoms with Gasteiger partial charge in [0.25, 0.3) is 0 Å². The Hall–Kier alpha value is -0.750. The number of Topliss-reactive ketones (excluding diaryl/α,β-unsaturated/α-hetero) is 1. The lowest BCUT2D eigenvalue weighted by atomic mass is 10.3. The molecule has 2 N–H and O–H groups in total. The van der Waals surface area contributed by atoms with E-state index in [2.05, 4.69) is 26.2 Å². The number of carbonyl (C=O) groups is 1. The number of ketones is 1. The van der Waals surface area contributed by atoms with Gasteiger partial charge in [-0.1, -0.05) is 5.21 Å². The van der Waals surface area contributed by atoms with Crippen molar-refractivity contribution in [1.29, 1.82) is 0 Å². The standard InChI is InChI=1S/C5H7BrN4O/c1-10-4(3(11)2-7)5(6)8-9-10/h2,7H2,1H3. The summed E-state index contributed by atoms with van der Waals surface area (Å²) in [5.74, 6) is -0.177. The highest BCUT2D eigenvalue weighted by Gasteiger charge is 2.14. The maximum absolute atomic E-state index is 11.1. The molecule has 0 saturated carbocycles. The molecule has 0 aliphatic heterocycles. The third kappa shape index (κ3) is 1.46. The lowest BCUT2D eigenvalue weighted by Crippen LogP contribution is -2.17. The van der Waals surface area contributed by atoms with E-state index in [1.165, 1.54) is 4.68 Å². The highest BCUT2D eigenvalue weighted by molar-refractivity contribution is 9.10. The van der Waals surface area contributed by atoms with E-state index in [-0.39, 0.29) is 12.3 Å². The van der Waals surface area contributed by atoms with Gasteiger partial charge in [0, 0.05) is 7.05 Å². The van der Waals surface area contributed by atoms with E-state index in [0.717, 1.165) is 0 Å². The number of nitrogens with zero attached hydrogens (tertiary/aromatic N) is 3. The maximum Gasteiger partial charge on any atom is 0.197 e. The first-order valence-corrected chi connectivity index (χ1v) is 3.74. The normalized spacial score (nSPS) is 10.1. The predicted molar refractivity (Wildman–Crippen MR) is 42.1 cm³/mol. The van der Waals surface area contributed by atoms with Crippen LogP contribution in [0, 0.1) is 0 Å². The average Bonchev–Trinajstić information content (AvgIpc) is 2.30. The molecule has 1 aromatic rings. The van der Waals surface area contributed by atoms with Crippen molar-refractivity contribution < 1.29 is 4.79 Å². The molecule has 6 heteroatoms. The topological polar surface area (TPSA) is 73.8 Å². The van der Waals surface area contributed by atoms with Crippen LogP contribution < -0.4 is 5.73 Å². The molecule has 0 amide bonds. The number of hydrogen-bond donors (Lipinski definition) is 1. The molecule has 1 aromatic heterocycles. The monoisotopic (exact) mass is 218 g/mol. The minimum Gasteiger partial charge on any atom is -0.324 e. The first-order chi connectivity index (χ1) is 5.16. The first-order valence-electron chi connectivity index (χ1n) is 2.95. The summed E-state index contributed by atoms with van der Waals surface area (Å²) < 4.78 is 1.83. The summed E-state index contributed by atoms with van der Waals surface area (Å²) in [5.41, 5.74) is 5.57. The number of carbonyl (C=O) groups excluding carboxylic acids is 1. The quantitative estimate of drug-likeness (QED) is 0.694. The molecule has 1 heterocycles. The van der Waals surface area contributed by atoms with Crippen LogP contribution in [0.15, 0.2) is 4.60 Å². The van der Waals surface area contributed by atoms with Crippen molar-refractivity contribution in [3.63, 3.8) is 0 Å². The Kier molecular flexibility index (Phi) is 2.35. The average molecular weight is 219 g/mol. The van der Waals surface area contributed by atoms with Crippen LogP contribution in [-0.2, 0) is 7.05 Å². The third-order valence-corrected chi connectivity index (χ3v) is 1.77. The van der Waals surface area contributed by atoms with E-state index in [0.29, 0.717) is 10.3 Å². The number of nitrogens with two attached hydrogens (primary N) is 1. The molecule has 0 aliphatic carbocycles. The summed E-state index contributed by atoms with van der Waals surface area (Å²) in [5, 5.41) is 7.27. The molecule has 0 radical (unpaired) electrons. The highest BCUT2D eigenvalue weighted by Crippen LogP contribution is 2.11. The van der Waals surface area contributed by atoms with Crippen molar-refractivity contribution in [2.24, 2.45) is 12.8 Å². The van der Waals surface area contributed by atoms with Gasteiger partial charge in [-0.2, -0.15) is 0 Å². The van der Waals surface area contributed by atoms with E-state index in [1.54, 1.807) is 7.05 Å². The van der Waals surface area contributed by atoms with Crippen LogP contribution in [0.4, 0.5) is 0 Å². The van der Waals surface area contributed by atoms with Gasteiger partial charge in [0.15, 0.2) is 10.4 Å². The molecular formula is C5H7BrN4O.